The summed E-state index contributed by atoms with van der Waals surface area (Å²) in [4.78, 5) is 48.1. The Morgan fingerprint density at radius 1 is 0.857 bits per heavy atom. The number of halogens is 1. The van der Waals surface area contributed by atoms with Crippen molar-refractivity contribution in [3.05, 3.63) is 51.8 Å². The van der Waals surface area contributed by atoms with E-state index in [1.165, 1.54) is 45.0 Å². The number of carboxylic acids is 3. The quantitative estimate of drug-likeness (QED) is 0.639. The molecule has 0 amide bonds. The summed E-state index contributed by atoms with van der Waals surface area (Å²) in [6.45, 7) is 4.57. The van der Waals surface area contributed by atoms with Crippen molar-refractivity contribution in [1.82, 2.24) is 4.57 Å². The maximum atomic E-state index is 12.7. The Balaban J connectivity index is 3.01. The molecule has 0 saturated heterocycles. The molecule has 0 atom stereocenters. The number of hydrogen-bond acceptors (Lipinski definition) is 5. The van der Waals surface area contributed by atoms with Gasteiger partial charge in [0.05, 0.1) is 0 Å². The minimum absolute atomic E-state index is 0.0256. The van der Waals surface area contributed by atoms with Gasteiger partial charge in [0.15, 0.2) is 0 Å². The highest BCUT2D eigenvalue weighted by Crippen LogP contribution is 2.30. The Hall–Kier alpha value is -3.33. The highest BCUT2D eigenvalue weighted by atomic mass is 35.5. The summed E-state index contributed by atoms with van der Waals surface area (Å²) in [5, 5.41) is 28.9. The molecule has 0 fully saturated rings. The SMILES string of the molecule is CC(C)(C)OC(=O)c1c(C(=O)O)c(C(=O)O)c(C(=O)O)n1-c1ccc(Cl)cc1. The van der Waals surface area contributed by atoms with Crippen molar-refractivity contribution in [2.45, 2.75) is 26.4 Å². The van der Waals surface area contributed by atoms with Gasteiger partial charge in [0.2, 0.25) is 0 Å². The Labute approximate surface area is 163 Å². The Morgan fingerprint density at radius 2 is 1.32 bits per heavy atom. The van der Waals surface area contributed by atoms with Gasteiger partial charge in [-0.3, -0.25) is 4.57 Å². The number of aromatic carboxylic acids is 3. The molecule has 28 heavy (non-hydrogen) atoms. The molecule has 0 aliphatic carbocycles. The molecule has 0 aliphatic heterocycles. The third-order valence-electron chi connectivity index (χ3n) is 3.48. The van der Waals surface area contributed by atoms with Crippen LogP contribution in [-0.2, 0) is 4.74 Å². The molecule has 0 unspecified atom stereocenters. The minimum atomic E-state index is -1.81. The predicted molar refractivity (Wildman–Crippen MR) is 96.8 cm³/mol. The van der Waals surface area contributed by atoms with Crippen molar-refractivity contribution in [3.8, 4) is 5.69 Å². The molecular weight excluding hydrogens is 394 g/mol. The van der Waals surface area contributed by atoms with Gasteiger partial charge in [-0.25, -0.2) is 19.2 Å². The van der Waals surface area contributed by atoms with Crippen molar-refractivity contribution >= 4 is 35.5 Å². The van der Waals surface area contributed by atoms with Gasteiger partial charge in [0.1, 0.15) is 28.1 Å². The van der Waals surface area contributed by atoms with Crippen LogP contribution in [0.2, 0.25) is 5.02 Å². The maximum Gasteiger partial charge on any atom is 0.356 e. The van der Waals surface area contributed by atoms with Gasteiger partial charge < -0.3 is 20.1 Å². The first-order valence-corrected chi connectivity index (χ1v) is 8.20. The van der Waals surface area contributed by atoms with E-state index >= 15 is 0 Å². The van der Waals surface area contributed by atoms with Crippen molar-refractivity contribution < 1.29 is 39.2 Å². The summed E-state index contributed by atoms with van der Waals surface area (Å²) >= 11 is 5.82. The second-order valence-corrected chi connectivity index (χ2v) is 7.11. The number of aromatic nitrogens is 1. The van der Waals surface area contributed by atoms with Crippen molar-refractivity contribution in [2.75, 3.05) is 0 Å². The predicted octanol–water partition coefficient (Wildman–Crippen LogP) is 3.18. The van der Waals surface area contributed by atoms with Crippen LogP contribution in [-0.4, -0.2) is 49.4 Å². The summed E-state index contributed by atoms with van der Waals surface area (Å²) in [7, 11) is 0. The molecule has 0 spiro atoms. The van der Waals surface area contributed by atoms with Gasteiger partial charge in [-0.1, -0.05) is 11.6 Å². The number of rotatable bonds is 5. The number of ether oxygens (including phenoxy) is 1. The fraction of sp³-hybridized carbons (Fsp3) is 0.222. The zero-order chi connectivity index (χ0) is 21.4. The Morgan fingerprint density at radius 3 is 1.71 bits per heavy atom. The average molecular weight is 410 g/mol. The molecule has 0 aliphatic rings. The highest BCUT2D eigenvalue weighted by molar-refractivity contribution is 6.30. The standard InChI is InChI=1S/C18H16ClNO8/c1-18(2,3)28-17(27)13-11(15(23)24)10(14(21)22)12(16(25)26)20(13)9-6-4-8(19)5-7-9/h4-7H,1-3H3,(H,21,22)(H,23,24)(H,25,26). The molecule has 0 radical (unpaired) electrons. The summed E-state index contributed by atoms with van der Waals surface area (Å²) < 4.78 is 5.93. The van der Waals surface area contributed by atoms with E-state index in [9.17, 15) is 34.5 Å². The normalized spacial score (nSPS) is 11.1. The zero-order valence-electron chi connectivity index (χ0n) is 15.0. The highest BCUT2D eigenvalue weighted by Gasteiger charge is 2.39. The van der Waals surface area contributed by atoms with E-state index in [0.717, 1.165) is 4.57 Å². The first kappa shape index (κ1) is 21.0. The molecule has 1 aromatic carbocycles. The number of esters is 1. The number of carbonyl (C=O) groups is 4. The van der Waals surface area contributed by atoms with Crippen molar-refractivity contribution in [3.63, 3.8) is 0 Å². The third kappa shape index (κ3) is 3.99. The lowest BCUT2D eigenvalue weighted by atomic mass is 10.1. The van der Waals surface area contributed by atoms with Gasteiger partial charge >= 0.3 is 23.9 Å². The van der Waals surface area contributed by atoms with E-state index in [1.54, 1.807) is 0 Å². The molecule has 0 saturated carbocycles. The van der Waals surface area contributed by atoms with E-state index in [1.807, 2.05) is 0 Å². The van der Waals surface area contributed by atoms with Crippen LogP contribution in [0.1, 0.15) is 62.5 Å². The lowest BCUT2D eigenvalue weighted by Gasteiger charge is -2.20. The Kier molecular flexibility index (Phi) is 5.51. The van der Waals surface area contributed by atoms with E-state index < -0.39 is 52.0 Å². The van der Waals surface area contributed by atoms with Crippen LogP contribution in [0.4, 0.5) is 0 Å². The molecular formula is C18H16ClNO8. The first-order valence-electron chi connectivity index (χ1n) is 7.83. The molecule has 2 rings (SSSR count). The lowest BCUT2D eigenvalue weighted by Crippen LogP contribution is -2.27. The second kappa shape index (κ2) is 7.35. The molecule has 3 N–H and O–H groups in total. The fourth-order valence-electron chi connectivity index (χ4n) is 2.56. The fourth-order valence-corrected chi connectivity index (χ4v) is 2.69. The van der Waals surface area contributed by atoms with Crippen molar-refractivity contribution in [1.29, 1.82) is 0 Å². The first-order chi connectivity index (χ1) is 12.8. The largest absolute Gasteiger partial charge is 0.478 e. The number of nitrogens with zero attached hydrogens (tertiary/aromatic N) is 1. The van der Waals surface area contributed by atoms with E-state index in [4.69, 9.17) is 16.3 Å². The molecule has 1 heterocycles. The van der Waals surface area contributed by atoms with Crippen molar-refractivity contribution in [2.24, 2.45) is 0 Å². The summed E-state index contributed by atoms with van der Waals surface area (Å²) in [6.07, 6.45) is 0. The van der Waals surface area contributed by atoms with Crippen LogP contribution < -0.4 is 0 Å². The molecule has 0 bridgehead atoms. The summed E-state index contributed by atoms with van der Waals surface area (Å²) in [6, 6.07) is 5.39. The summed E-state index contributed by atoms with van der Waals surface area (Å²) in [5.74, 6) is -6.51. The van der Waals surface area contributed by atoms with Gasteiger partial charge in [-0.2, -0.15) is 0 Å². The van der Waals surface area contributed by atoms with Crippen LogP contribution in [0.3, 0.4) is 0 Å². The van der Waals surface area contributed by atoms with E-state index in [2.05, 4.69) is 0 Å². The molecule has 1 aromatic heterocycles. The van der Waals surface area contributed by atoms with Gasteiger partial charge in [0, 0.05) is 10.7 Å². The van der Waals surface area contributed by atoms with Crippen LogP contribution in [0.5, 0.6) is 0 Å². The zero-order valence-corrected chi connectivity index (χ0v) is 15.8. The van der Waals surface area contributed by atoms with Gasteiger partial charge in [-0.05, 0) is 45.0 Å². The van der Waals surface area contributed by atoms with Crippen LogP contribution in [0.25, 0.3) is 5.69 Å². The average Bonchev–Trinajstić information content (AvgIpc) is 2.90. The monoisotopic (exact) mass is 409 g/mol. The van der Waals surface area contributed by atoms with E-state index in [-0.39, 0.29) is 5.69 Å². The topological polar surface area (TPSA) is 143 Å². The lowest BCUT2D eigenvalue weighted by molar-refractivity contribution is 0.00567. The molecule has 148 valence electrons. The number of benzene rings is 1. The second-order valence-electron chi connectivity index (χ2n) is 6.68. The van der Waals surface area contributed by atoms with Gasteiger partial charge in [-0.15, -0.1) is 0 Å². The molecule has 10 heteroatoms. The van der Waals surface area contributed by atoms with E-state index in [0.29, 0.717) is 5.02 Å². The third-order valence-corrected chi connectivity index (χ3v) is 3.73. The maximum absolute atomic E-state index is 12.7. The number of hydrogen-bond donors (Lipinski definition) is 3. The molecule has 9 nitrogen and oxygen atoms in total. The Bertz CT molecular complexity index is 982. The smallest absolute Gasteiger partial charge is 0.356 e. The molecule has 2 aromatic rings. The number of carboxylic acid groups (broad SMARTS) is 3. The van der Waals surface area contributed by atoms with Gasteiger partial charge in [0.25, 0.3) is 0 Å². The summed E-state index contributed by atoms with van der Waals surface area (Å²) in [5.41, 5.74) is -4.65. The number of carbonyl (C=O) groups excluding carboxylic acids is 1. The van der Waals surface area contributed by atoms with Crippen LogP contribution in [0.15, 0.2) is 24.3 Å². The van der Waals surface area contributed by atoms with Crippen LogP contribution in [0, 0.1) is 0 Å². The minimum Gasteiger partial charge on any atom is -0.478 e. The van der Waals surface area contributed by atoms with Crippen LogP contribution >= 0.6 is 11.6 Å².